The van der Waals surface area contributed by atoms with Gasteiger partial charge in [-0.2, -0.15) is 13.2 Å². The molecule has 15 nitrogen and oxygen atoms in total. The maximum absolute atomic E-state index is 14.3. The van der Waals surface area contributed by atoms with Gasteiger partial charge in [0.15, 0.2) is 0 Å². The van der Waals surface area contributed by atoms with E-state index < -0.39 is 39.4 Å². The zero-order chi connectivity index (χ0) is 46.6. The second kappa shape index (κ2) is 19.6. The molecule has 3 N–H and O–H groups in total. The Morgan fingerprint density at radius 2 is 1.61 bits per heavy atom. The predicted octanol–water partition coefficient (Wildman–Crippen LogP) is 7.31. The van der Waals surface area contributed by atoms with Crippen molar-refractivity contribution in [1.82, 2.24) is 29.1 Å². The van der Waals surface area contributed by atoms with Crippen LogP contribution in [0.15, 0.2) is 79.1 Å². The monoisotopic (exact) mass is 927 g/mol. The number of halogens is 3. The van der Waals surface area contributed by atoms with Crippen LogP contribution in [0.1, 0.15) is 86.2 Å². The number of benzene rings is 3. The first kappa shape index (κ1) is 46.2. The molecule has 1 unspecified atom stereocenters. The quantitative estimate of drug-likeness (QED) is 0.0629. The standard InChI is InChI=1S/C47H52F3N9O6S/c1-2-66(64,65)59-30-36(33-12-8-9-15-39(33)59)43-37(47(48,49)50)28-51-46(55-43)52-31-17-19-32(20-18-31)57-26-24-56(25-27-57)23-10-6-4-3-5-7-16-41(60)53-38-14-11-13-34-35(38)29-58(45(34)63)40-21-22-42(61)54-44(40)62/h8-9,11-15,17-20,28,30,40H,2-7,10,16,21-27,29H2,1H3,(H,53,60)(H,51,52,55)(H,54,61,62). The average Bonchev–Trinajstić information content (AvgIpc) is 3.86. The van der Waals surface area contributed by atoms with Crippen LogP contribution in [0.5, 0.6) is 0 Å². The van der Waals surface area contributed by atoms with Gasteiger partial charge in [-0.3, -0.25) is 29.4 Å². The molecule has 0 aliphatic carbocycles. The Bertz CT molecular complexity index is 2740. The summed E-state index contributed by atoms with van der Waals surface area (Å²) < 4.78 is 69.6. The van der Waals surface area contributed by atoms with Crippen LogP contribution in [0.25, 0.3) is 22.2 Å². The molecule has 0 radical (unpaired) electrons. The zero-order valence-corrected chi connectivity index (χ0v) is 37.4. The minimum absolute atomic E-state index is 0.0312. The zero-order valence-electron chi connectivity index (χ0n) is 36.6. The summed E-state index contributed by atoms with van der Waals surface area (Å²) in [7, 11) is -3.82. The molecule has 0 saturated carbocycles. The van der Waals surface area contributed by atoms with Crippen molar-refractivity contribution in [2.24, 2.45) is 0 Å². The molecule has 3 aliphatic heterocycles. The van der Waals surface area contributed by atoms with Gasteiger partial charge in [-0.15, -0.1) is 0 Å². The molecule has 5 heterocycles. The van der Waals surface area contributed by atoms with Crippen LogP contribution >= 0.6 is 0 Å². The summed E-state index contributed by atoms with van der Waals surface area (Å²) in [5.41, 5.74) is 2.12. The van der Waals surface area contributed by atoms with E-state index in [0.717, 1.165) is 87.1 Å². The number of para-hydroxylation sites is 1. The SMILES string of the molecule is CCS(=O)(=O)n1cc(-c2nc(Nc3ccc(N4CCN(CCCCCCCCC(=O)Nc5cccc6c5CN(C5CCC(=O)NC5=O)C6=O)CC4)cc3)ncc2C(F)(F)F)c2ccccc21. The molecule has 0 bridgehead atoms. The molecule has 1 atom stereocenters. The normalized spacial score (nSPS) is 17.0. The minimum atomic E-state index is -4.79. The molecular weight excluding hydrogens is 876 g/mol. The van der Waals surface area contributed by atoms with E-state index >= 15 is 0 Å². The average molecular weight is 928 g/mol. The molecule has 19 heteroatoms. The van der Waals surface area contributed by atoms with E-state index in [0.29, 0.717) is 34.3 Å². The summed E-state index contributed by atoms with van der Waals surface area (Å²) in [6, 6.07) is 18.4. The fourth-order valence-corrected chi connectivity index (χ4v) is 9.92. The Kier molecular flexibility index (Phi) is 13.7. The summed E-state index contributed by atoms with van der Waals surface area (Å²) >= 11 is 0. The second-order valence-electron chi connectivity index (χ2n) is 16.9. The van der Waals surface area contributed by atoms with Crippen LogP contribution in [0, 0.1) is 0 Å². The maximum Gasteiger partial charge on any atom is 0.419 e. The molecule has 2 fully saturated rings. The number of amides is 4. The van der Waals surface area contributed by atoms with E-state index in [-0.39, 0.29) is 59.9 Å². The Labute approximate surface area is 380 Å². The lowest BCUT2D eigenvalue weighted by Gasteiger charge is -2.36. The highest BCUT2D eigenvalue weighted by atomic mass is 32.2. The number of hydrogen-bond acceptors (Lipinski definition) is 11. The van der Waals surface area contributed by atoms with Crippen LogP contribution in [-0.4, -0.2) is 100 Å². The number of aromatic nitrogens is 3. The first-order valence-electron chi connectivity index (χ1n) is 22.4. The number of unbranched alkanes of at least 4 members (excludes halogenated alkanes) is 5. The van der Waals surface area contributed by atoms with Crippen LogP contribution in [0.4, 0.5) is 36.2 Å². The topological polar surface area (TPSA) is 179 Å². The van der Waals surface area contributed by atoms with E-state index in [1.54, 1.807) is 42.5 Å². The van der Waals surface area contributed by atoms with Gasteiger partial charge in [0.05, 0.1) is 17.0 Å². The number of alkyl halides is 3. The Balaban J connectivity index is 0.749. The van der Waals surface area contributed by atoms with Crippen molar-refractivity contribution in [3.8, 4) is 11.3 Å². The van der Waals surface area contributed by atoms with Gasteiger partial charge in [0.25, 0.3) is 5.91 Å². The van der Waals surface area contributed by atoms with Crippen molar-refractivity contribution < 1.29 is 40.8 Å². The Morgan fingerprint density at radius 1 is 0.879 bits per heavy atom. The summed E-state index contributed by atoms with van der Waals surface area (Å²) in [6.45, 7) is 6.21. The Hall–Kier alpha value is -6.34. The van der Waals surface area contributed by atoms with Gasteiger partial charge < -0.3 is 20.4 Å². The third-order valence-corrected chi connectivity index (χ3v) is 14.2. The number of piperazine rings is 1. The van der Waals surface area contributed by atoms with E-state index in [9.17, 15) is 40.8 Å². The van der Waals surface area contributed by atoms with Gasteiger partial charge in [0.1, 0.15) is 11.6 Å². The Morgan fingerprint density at radius 3 is 2.33 bits per heavy atom. The van der Waals surface area contributed by atoms with Crippen molar-refractivity contribution in [1.29, 1.82) is 0 Å². The number of rotatable bonds is 17. The molecule has 5 aromatic rings. The fraction of sp³-hybridized carbons (Fsp3) is 0.404. The van der Waals surface area contributed by atoms with Crippen LogP contribution in [0.2, 0.25) is 0 Å². The fourth-order valence-electron chi connectivity index (χ4n) is 8.92. The highest BCUT2D eigenvalue weighted by Crippen LogP contribution is 2.40. The van der Waals surface area contributed by atoms with E-state index in [2.05, 4.69) is 35.7 Å². The molecule has 3 aliphatic rings. The summed E-state index contributed by atoms with van der Waals surface area (Å²) in [4.78, 5) is 64.5. The summed E-state index contributed by atoms with van der Waals surface area (Å²) in [6.07, 6.45) is 3.95. The van der Waals surface area contributed by atoms with E-state index in [1.165, 1.54) is 18.0 Å². The number of fused-ring (bicyclic) bond motifs is 2. The van der Waals surface area contributed by atoms with Crippen molar-refractivity contribution in [2.45, 2.75) is 83.5 Å². The lowest BCUT2D eigenvalue weighted by Crippen LogP contribution is -2.52. The lowest BCUT2D eigenvalue weighted by atomic mass is 10.0. The molecule has 2 saturated heterocycles. The van der Waals surface area contributed by atoms with Crippen molar-refractivity contribution >= 4 is 67.6 Å². The molecule has 3 aromatic carbocycles. The molecule has 4 amide bonds. The van der Waals surface area contributed by atoms with Crippen molar-refractivity contribution in [2.75, 3.05) is 54.0 Å². The third kappa shape index (κ3) is 10.2. The van der Waals surface area contributed by atoms with E-state index in [4.69, 9.17) is 0 Å². The number of hydrogen-bond donors (Lipinski definition) is 3. The molecule has 0 spiro atoms. The predicted molar refractivity (Wildman–Crippen MR) is 245 cm³/mol. The van der Waals surface area contributed by atoms with Crippen LogP contribution in [0.3, 0.4) is 0 Å². The molecule has 348 valence electrons. The third-order valence-electron chi connectivity index (χ3n) is 12.5. The number of piperidine rings is 1. The van der Waals surface area contributed by atoms with Gasteiger partial charge in [-0.25, -0.2) is 22.4 Å². The van der Waals surface area contributed by atoms with Crippen LogP contribution in [-0.2, 0) is 37.1 Å². The lowest BCUT2D eigenvalue weighted by molar-refractivity contribution is -0.138. The number of carbonyl (C=O) groups is 4. The molecular formula is C47H52F3N9O6S. The molecule has 2 aromatic heterocycles. The molecule has 8 rings (SSSR count). The number of nitrogens with one attached hydrogen (secondary N) is 3. The molecule has 66 heavy (non-hydrogen) atoms. The smallest absolute Gasteiger partial charge is 0.369 e. The second-order valence-corrected chi connectivity index (χ2v) is 19.0. The highest BCUT2D eigenvalue weighted by Gasteiger charge is 2.40. The highest BCUT2D eigenvalue weighted by molar-refractivity contribution is 7.90. The van der Waals surface area contributed by atoms with Crippen molar-refractivity contribution in [3.63, 3.8) is 0 Å². The number of nitrogens with zero attached hydrogens (tertiary/aromatic N) is 6. The van der Waals surface area contributed by atoms with Crippen LogP contribution < -0.4 is 20.9 Å². The summed E-state index contributed by atoms with van der Waals surface area (Å²) in [5.74, 6) is -1.50. The van der Waals surface area contributed by atoms with Crippen molar-refractivity contribution in [3.05, 3.63) is 95.8 Å². The van der Waals surface area contributed by atoms with Gasteiger partial charge in [0.2, 0.25) is 33.7 Å². The van der Waals surface area contributed by atoms with Gasteiger partial charge in [-0.05, 0) is 75.2 Å². The number of carbonyl (C=O) groups excluding carboxylic acids is 4. The largest absolute Gasteiger partial charge is 0.419 e. The van der Waals surface area contributed by atoms with Gasteiger partial charge in [-0.1, -0.05) is 49.9 Å². The maximum atomic E-state index is 14.3. The summed E-state index contributed by atoms with van der Waals surface area (Å²) in [5, 5.41) is 8.61. The number of anilines is 4. The van der Waals surface area contributed by atoms with E-state index in [1.807, 2.05) is 24.3 Å². The van der Waals surface area contributed by atoms with Gasteiger partial charge in [0, 0.05) is 97.1 Å². The number of imide groups is 1. The minimum Gasteiger partial charge on any atom is -0.369 e. The van der Waals surface area contributed by atoms with Gasteiger partial charge >= 0.3 is 6.18 Å². The first-order chi connectivity index (χ1) is 31.7. The first-order valence-corrected chi connectivity index (χ1v) is 24.0.